The van der Waals surface area contributed by atoms with E-state index < -0.39 is 0 Å². The summed E-state index contributed by atoms with van der Waals surface area (Å²) in [6.45, 7) is 11.7. The smallest absolute Gasteiger partial charge is 0.0253 e. The number of nitrogens with zero attached hydrogens (tertiary/aromatic N) is 1. The molecular formula is C12H24N2. The maximum absolute atomic E-state index is 3.65. The summed E-state index contributed by atoms with van der Waals surface area (Å²) in [5, 5.41) is 3.65. The molecule has 0 aromatic heterocycles. The summed E-state index contributed by atoms with van der Waals surface area (Å²) in [4.78, 5) is 2.75. The Morgan fingerprint density at radius 3 is 2.43 bits per heavy atom. The van der Waals surface area contributed by atoms with Crippen molar-refractivity contribution in [2.75, 3.05) is 13.1 Å². The lowest BCUT2D eigenvalue weighted by molar-refractivity contribution is 0.0472. The Labute approximate surface area is 88.1 Å². The van der Waals surface area contributed by atoms with Gasteiger partial charge in [-0.05, 0) is 40.0 Å². The van der Waals surface area contributed by atoms with Crippen molar-refractivity contribution in [3.63, 3.8) is 0 Å². The van der Waals surface area contributed by atoms with E-state index in [1.54, 1.807) is 0 Å². The minimum absolute atomic E-state index is 0.303. The predicted molar refractivity (Wildman–Crippen MR) is 60.5 cm³/mol. The topological polar surface area (TPSA) is 15.3 Å². The van der Waals surface area contributed by atoms with Crippen LogP contribution in [0.3, 0.4) is 0 Å². The average molecular weight is 196 g/mol. The SMILES string of the molecule is CCC1CNC(C)(C)CN1C1(C)CC1. The molecule has 2 rings (SSSR count). The third-order valence-corrected chi connectivity index (χ3v) is 3.96. The molecule has 1 aliphatic heterocycles. The fourth-order valence-electron chi connectivity index (χ4n) is 2.58. The molecule has 82 valence electrons. The highest BCUT2D eigenvalue weighted by Gasteiger charge is 2.48. The van der Waals surface area contributed by atoms with Crippen LogP contribution in [-0.4, -0.2) is 35.1 Å². The molecule has 0 bridgehead atoms. The number of rotatable bonds is 2. The van der Waals surface area contributed by atoms with E-state index in [4.69, 9.17) is 0 Å². The normalized spacial score (nSPS) is 35.6. The zero-order valence-electron chi connectivity index (χ0n) is 10.1. The maximum atomic E-state index is 3.65. The minimum atomic E-state index is 0.303. The van der Waals surface area contributed by atoms with Crippen LogP contribution in [0.25, 0.3) is 0 Å². The number of hydrogen-bond donors (Lipinski definition) is 1. The third-order valence-electron chi connectivity index (χ3n) is 3.96. The van der Waals surface area contributed by atoms with Crippen LogP contribution in [0.1, 0.15) is 47.0 Å². The first kappa shape index (κ1) is 10.4. The van der Waals surface area contributed by atoms with E-state index in [-0.39, 0.29) is 0 Å². The quantitative estimate of drug-likeness (QED) is 0.726. The summed E-state index contributed by atoms with van der Waals surface area (Å²) in [5.74, 6) is 0. The van der Waals surface area contributed by atoms with Crippen LogP contribution in [0.15, 0.2) is 0 Å². The van der Waals surface area contributed by atoms with Gasteiger partial charge in [0, 0.05) is 30.2 Å². The summed E-state index contributed by atoms with van der Waals surface area (Å²) in [7, 11) is 0. The lowest BCUT2D eigenvalue weighted by Crippen LogP contribution is -2.64. The highest BCUT2D eigenvalue weighted by Crippen LogP contribution is 2.44. The number of hydrogen-bond acceptors (Lipinski definition) is 2. The van der Waals surface area contributed by atoms with Crippen LogP contribution in [0, 0.1) is 0 Å². The minimum Gasteiger partial charge on any atom is -0.309 e. The first-order valence-corrected chi connectivity index (χ1v) is 5.99. The van der Waals surface area contributed by atoms with Gasteiger partial charge in [-0.2, -0.15) is 0 Å². The van der Waals surface area contributed by atoms with E-state index in [1.165, 1.54) is 32.4 Å². The largest absolute Gasteiger partial charge is 0.309 e. The van der Waals surface area contributed by atoms with Gasteiger partial charge in [-0.25, -0.2) is 0 Å². The molecule has 1 heterocycles. The molecule has 1 atom stereocenters. The maximum Gasteiger partial charge on any atom is 0.0253 e. The van der Waals surface area contributed by atoms with Crippen LogP contribution >= 0.6 is 0 Å². The monoisotopic (exact) mass is 196 g/mol. The van der Waals surface area contributed by atoms with E-state index in [2.05, 4.69) is 37.9 Å². The summed E-state index contributed by atoms with van der Waals surface area (Å²) in [6, 6.07) is 0.760. The molecule has 1 unspecified atom stereocenters. The molecule has 1 aliphatic carbocycles. The number of piperazine rings is 1. The molecule has 0 amide bonds. The Balaban J connectivity index is 2.09. The Bertz CT molecular complexity index is 218. The predicted octanol–water partition coefficient (Wildman–Crippen LogP) is 2.00. The summed E-state index contributed by atoms with van der Waals surface area (Å²) < 4.78 is 0. The van der Waals surface area contributed by atoms with E-state index in [1.807, 2.05) is 0 Å². The lowest BCUT2D eigenvalue weighted by Gasteiger charge is -2.47. The molecule has 2 heteroatoms. The Kier molecular flexibility index (Phi) is 2.39. The van der Waals surface area contributed by atoms with Gasteiger partial charge in [0.2, 0.25) is 0 Å². The van der Waals surface area contributed by atoms with Crippen molar-refractivity contribution in [3.8, 4) is 0 Å². The van der Waals surface area contributed by atoms with Gasteiger partial charge in [0.25, 0.3) is 0 Å². The molecule has 14 heavy (non-hydrogen) atoms. The molecule has 0 spiro atoms. The molecule has 0 radical (unpaired) electrons. The van der Waals surface area contributed by atoms with Crippen LogP contribution in [-0.2, 0) is 0 Å². The van der Waals surface area contributed by atoms with Crippen molar-refractivity contribution in [2.24, 2.45) is 0 Å². The van der Waals surface area contributed by atoms with Crippen molar-refractivity contribution in [3.05, 3.63) is 0 Å². The Morgan fingerprint density at radius 2 is 1.93 bits per heavy atom. The van der Waals surface area contributed by atoms with Gasteiger partial charge in [0.15, 0.2) is 0 Å². The zero-order valence-corrected chi connectivity index (χ0v) is 10.1. The van der Waals surface area contributed by atoms with Crippen LogP contribution < -0.4 is 5.32 Å². The van der Waals surface area contributed by atoms with E-state index in [0.717, 1.165) is 6.04 Å². The standard InChI is InChI=1S/C12H24N2/c1-5-10-8-13-11(2,3)9-14(10)12(4)6-7-12/h10,13H,5-9H2,1-4H3. The first-order valence-electron chi connectivity index (χ1n) is 5.99. The second-order valence-electron chi connectivity index (χ2n) is 5.95. The van der Waals surface area contributed by atoms with E-state index >= 15 is 0 Å². The third kappa shape index (κ3) is 1.82. The van der Waals surface area contributed by atoms with E-state index in [9.17, 15) is 0 Å². The molecule has 2 fully saturated rings. The summed E-state index contributed by atoms with van der Waals surface area (Å²) in [5.41, 5.74) is 0.845. The van der Waals surface area contributed by atoms with Crippen LogP contribution in [0.5, 0.6) is 0 Å². The van der Waals surface area contributed by atoms with Crippen molar-refractivity contribution in [1.82, 2.24) is 10.2 Å². The average Bonchev–Trinajstić information content (AvgIpc) is 2.84. The zero-order chi connectivity index (χ0) is 10.4. The van der Waals surface area contributed by atoms with E-state index in [0.29, 0.717) is 11.1 Å². The van der Waals surface area contributed by atoms with Gasteiger partial charge in [-0.1, -0.05) is 6.92 Å². The Hall–Kier alpha value is -0.0800. The molecule has 0 aromatic carbocycles. The van der Waals surface area contributed by atoms with Gasteiger partial charge in [0.05, 0.1) is 0 Å². The van der Waals surface area contributed by atoms with Crippen molar-refractivity contribution < 1.29 is 0 Å². The highest BCUT2D eigenvalue weighted by atomic mass is 15.3. The molecule has 2 aliphatic rings. The molecule has 1 N–H and O–H groups in total. The number of nitrogens with one attached hydrogen (secondary N) is 1. The molecular weight excluding hydrogens is 172 g/mol. The van der Waals surface area contributed by atoms with Crippen LogP contribution in [0.2, 0.25) is 0 Å². The second kappa shape index (κ2) is 3.21. The molecule has 2 nitrogen and oxygen atoms in total. The fraction of sp³-hybridized carbons (Fsp3) is 1.00. The first-order chi connectivity index (χ1) is 6.47. The molecule has 1 saturated heterocycles. The fourth-order valence-corrected chi connectivity index (χ4v) is 2.58. The van der Waals surface area contributed by atoms with Gasteiger partial charge in [-0.15, -0.1) is 0 Å². The van der Waals surface area contributed by atoms with Gasteiger partial charge >= 0.3 is 0 Å². The van der Waals surface area contributed by atoms with Gasteiger partial charge in [-0.3, -0.25) is 4.90 Å². The lowest BCUT2D eigenvalue weighted by atomic mass is 9.95. The van der Waals surface area contributed by atoms with Gasteiger partial charge in [0.1, 0.15) is 0 Å². The molecule has 1 saturated carbocycles. The van der Waals surface area contributed by atoms with Crippen LogP contribution in [0.4, 0.5) is 0 Å². The highest BCUT2D eigenvalue weighted by molar-refractivity contribution is 5.06. The van der Waals surface area contributed by atoms with Gasteiger partial charge < -0.3 is 5.32 Å². The molecule has 0 aromatic rings. The Morgan fingerprint density at radius 1 is 1.29 bits per heavy atom. The summed E-state index contributed by atoms with van der Waals surface area (Å²) >= 11 is 0. The van der Waals surface area contributed by atoms with Crippen molar-refractivity contribution in [1.29, 1.82) is 0 Å². The van der Waals surface area contributed by atoms with Crippen molar-refractivity contribution >= 4 is 0 Å². The summed E-state index contributed by atoms with van der Waals surface area (Å²) in [6.07, 6.45) is 4.08. The van der Waals surface area contributed by atoms with Crippen molar-refractivity contribution in [2.45, 2.75) is 64.1 Å². The second-order valence-corrected chi connectivity index (χ2v) is 5.95.